The fourth-order valence-electron chi connectivity index (χ4n) is 3.23. The van der Waals surface area contributed by atoms with E-state index in [1.807, 2.05) is 0 Å². The lowest BCUT2D eigenvalue weighted by Crippen LogP contribution is -2.01. The fraction of sp³-hybridized carbons (Fsp3) is 0.182. The molecule has 0 aliphatic carbocycles. The van der Waals surface area contributed by atoms with Crippen LogP contribution in [0.2, 0.25) is 0 Å². The lowest BCUT2D eigenvalue weighted by atomic mass is 10.0. The van der Waals surface area contributed by atoms with E-state index in [2.05, 4.69) is 107 Å². The van der Waals surface area contributed by atoms with E-state index in [4.69, 9.17) is 4.42 Å². The number of anilines is 2. The van der Waals surface area contributed by atoms with Crippen LogP contribution in [0, 0.1) is 6.92 Å². The Hall–Kier alpha value is -2.01. The van der Waals surface area contributed by atoms with Gasteiger partial charge in [0.15, 0.2) is 5.58 Å². The van der Waals surface area contributed by atoms with E-state index in [1.54, 1.807) is 0 Å². The maximum atomic E-state index is 6.27. The minimum atomic E-state index is 0.540. The number of rotatable bonds is 3. The third-order valence-corrected chi connectivity index (χ3v) is 5.78. The number of hydrogen-bond acceptors (Lipinski definition) is 2. The zero-order valence-corrected chi connectivity index (χ0v) is 16.7. The standard InChI is InChI=1S/C22H20INO/c1-14(2)16-10-12-17(13-11-16)24(23)20-9-5-8-19-18-7-4-6-15(3)21(18)25-22(19)20/h4-14H,1-3H3. The molecule has 3 aromatic carbocycles. The molecule has 0 aliphatic rings. The monoisotopic (exact) mass is 441 g/mol. The predicted octanol–water partition coefficient (Wildman–Crippen LogP) is 7.51. The summed E-state index contributed by atoms with van der Waals surface area (Å²) in [6.45, 7) is 6.53. The molecule has 0 aliphatic heterocycles. The summed E-state index contributed by atoms with van der Waals surface area (Å²) in [5.41, 5.74) is 6.66. The van der Waals surface area contributed by atoms with Crippen LogP contribution in [0.3, 0.4) is 0 Å². The average molecular weight is 441 g/mol. The number of para-hydroxylation sites is 2. The summed E-state index contributed by atoms with van der Waals surface area (Å²) in [4.78, 5) is 0. The molecule has 0 spiro atoms. The van der Waals surface area contributed by atoms with E-state index in [0.29, 0.717) is 5.92 Å². The van der Waals surface area contributed by atoms with Gasteiger partial charge in [-0.05, 0) is 42.2 Å². The first kappa shape index (κ1) is 16.5. The molecule has 0 saturated heterocycles. The highest BCUT2D eigenvalue weighted by molar-refractivity contribution is 14.1. The van der Waals surface area contributed by atoms with E-state index in [0.717, 1.165) is 27.9 Å². The van der Waals surface area contributed by atoms with Gasteiger partial charge in [-0.3, -0.25) is 3.11 Å². The molecule has 0 radical (unpaired) electrons. The highest BCUT2D eigenvalue weighted by Gasteiger charge is 2.16. The van der Waals surface area contributed by atoms with Gasteiger partial charge in [0.1, 0.15) is 5.58 Å². The van der Waals surface area contributed by atoms with Crippen LogP contribution in [-0.4, -0.2) is 0 Å². The van der Waals surface area contributed by atoms with Gasteiger partial charge >= 0.3 is 0 Å². The molecule has 4 aromatic rings. The zero-order valence-electron chi connectivity index (χ0n) is 14.6. The molecule has 0 fully saturated rings. The van der Waals surface area contributed by atoms with Crippen molar-refractivity contribution in [3.05, 3.63) is 71.8 Å². The molecule has 0 bridgehead atoms. The number of furan rings is 1. The second-order valence-electron chi connectivity index (χ2n) is 6.73. The highest BCUT2D eigenvalue weighted by atomic mass is 127. The summed E-state index contributed by atoms with van der Waals surface area (Å²) in [7, 11) is 0. The van der Waals surface area contributed by atoms with Crippen LogP contribution in [0.25, 0.3) is 21.9 Å². The van der Waals surface area contributed by atoms with Crippen molar-refractivity contribution in [2.45, 2.75) is 26.7 Å². The van der Waals surface area contributed by atoms with E-state index < -0.39 is 0 Å². The Kier molecular flexibility index (Phi) is 4.20. The molecule has 0 amide bonds. The Bertz CT molecular complexity index is 1050. The molecular weight excluding hydrogens is 421 g/mol. The summed E-state index contributed by atoms with van der Waals surface area (Å²) in [5, 5.41) is 2.34. The second-order valence-corrected chi connectivity index (χ2v) is 7.70. The maximum Gasteiger partial charge on any atom is 0.159 e. The van der Waals surface area contributed by atoms with Gasteiger partial charge in [-0.1, -0.05) is 56.3 Å². The van der Waals surface area contributed by atoms with Crippen molar-refractivity contribution in [1.29, 1.82) is 0 Å². The first-order chi connectivity index (χ1) is 12.1. The van der Waals surface area contributed by atoms with Gasteiger partial charge in [-0.15, -0.1) is 0 Å². The molecule has 126 valence electrons. The van der Waals surface area contributed by atoms with E-state index in [1.165, 1.54) is 16.5 Å². The van der Waals surface area contributed by atoms with Crippen molar-refractivity contribution in [2.24, 2.45) is 0 Å². The van der Waals surface area contributed by atoms with Gasteiger partial charge in [0, 0.05) is 10.8 Å². The second kappa shape index (κ2) is 6.37. The molecule has 25 heavy (non-hydrogen) atoms. The van der Waals surface area contributed by atoms with Crippen LogP contribution >= 0.6 is 22.9 Å². The molecule has 3 heteroatoms. The third kappa shape index (κ3) is 2.80. The largest absolute Gasteiger partial charge is 0.454 e. The summed E-state index contributed by atoms with van der Waals surface area (Å²) in [5.74, 6) is 0.540. The van der Waals surface area contributed by atoms with Crippen LogP contribution in [0.4, 0.5) is 11.4 Å². The Labute approximate surface area is 161 Å². The zero-order chi connectivity index (χ0) is 17.6. The van der Waals surface area contributed by atoms with Crippen LogP contribution < -0.4 is 3.11 Å². The van der Waals surface area contributed by atoms with Gasteiger partial charge < -0.3 is 4.42 Å². The maximum absolute atomic E-state index is 6.27. The van der Waals surface area contributed by atoms with Crippen LogP contribution in [-0.2, 0) is 0 Å². The Morgan fingerprint density at radius 2 is 1.48 bits per heavy atom. The minimum absolute atomic E-state index is 0.540. The van der Waals surface area contributed by atoms with E-state index in [9.17, 15) is 0 Å². The summed E-state index contributed by atoms with van der Waals surface area (Å²) in [6.07, 6.45) is 0. The van der Waals surface area contributed by atoms with Gasteiger partial charge in [0.2, 0.25) is 0 Å². The van der Waals surface area contributed by atoms with Gasteiger partial charge in [0.05, 0.1) is 34.2 Å². The van der Waals surface area contributed by atoms with Gasteiger partial charge in [-0.25, -0.2) is 0 Å². The molecule has 1 aromatic heterocycles. The number of aryl methyl sites for hydroxylation is 1. The first-order valence-corrected chi connectivity index (χ1v) is 9.49. The average Bonchev–Trinajstić information content (AvgIpc) is 3.01. The quantitative estimate of drug-likeness (QED) is 0.242. The topological polar surface area (TPSA) is 16.4 Å². The SMILES string of the molecule is Cc1cccc2c1oc1c(N(I)c3ccc(C(C)C)cc3)cccc12. The minimum Gasteiger partial charge on any atom is -0.454 e. The number of nitrogens with zero attached hydrogens (tertiary/aromatic N) is 1. The fourth-order valence-corrected chi connectivity index (χ4v) is 3.93. The molecule has 1 heterocycles. The number of hydrogen-bond donors (Lipinski definition) is 0. The van der Waals surface area contributed by atoms with Crippen molar-refractivity contribution >= 4 is 56.2 Å². The lowest BCUT2D eigenvalue weighted by molar-refractivity contribution is 0.666. The summed E-state index contributed by atoms with van der Waals surface area (Å²) >= 11 is 2.36. The number of halogens is 1. The molecule has 4 rings (SSSR count). The molecular formula is C22H20INO. The van der Waals surface area contributed by atoms with Crippen LogP contribution in [0.1, 0.15) is 30.9 Å². The lowest BCUT2D eigenvalue weighted by Gasteiger charge is -2.18. The Morgan fingerprint density at radius 1 is 0.840 bits per heavy atom. The first-order valence-electron chi connectivity index (χ1n) is 8.53. The number of fused-ring (bicyclic) bond motifs is 3. The molecule has 0 saturated carbocycles. The molecule has 0 unspecified atom stereocenters. The smallest absolute Gasteiger partial charge is 0.159 e. The highest BCUT2D eigenvalue weighted by Crippen LogP contribution is 2.40. The number of benzene rings is 3. The van der Waals surface area contributed by atoms with Crippen molar-refractivity contribution in [2.75, 3.05) is 3.11 Å². The summed E-state index contributed by atoms with van der Waals surface area (Å²) in [6, 6.07) is 21.4. The predicted molar refractivity (Wildman–Crippen MR) is 115 cm³/mol. The van der Waals surface area contributed by atoms with Gasteiger partial charge in [0.25, 0.3) is 0 Å². The van der Waals surface area contributed by atoms with Crippen molar-refractivity contribution < 1.29 is 4.42 Å². The van der Waals surface area contributed by atoms with Crippen molar-refractivity contribution in [3.8, 4) is 0 Å². The van der Waals surface area contributed by atoms with Crippen molar-refractivity contribution in [3.63, 3.8) is 0 Å². The van der Waals surface area contributed by atoms with Gasteiger partial charge in [-0.2, -0.15) is 0 Å². The van der Waals surface area contributed by atoms with Crippen LogP contribution in [0.15, 0.2) is 65.1 Å². The molecule has 2 nitrogen and oxygen atoms in total. The Morgan fingerprint density at radius 3 is 2.16 bits per heavy atom. The van der Waals surface area contributed by atoms with E-state index >= 15 is 0 Å². The van der Waals surface area contributed by atoms with Crippen molar-refractivity contribution in [1.82, 2.24) is 0 Å². The molecule has 0 atom stereocenters. The normalized spacial score (nSPS) is 11.6. The van der Waals surface area contributed by atoms with E-state index in [-0.39, 0.29) is 0 Å². The molecule has 0 N–H and O–H groups in total. The van der Waals surface area contributed by atoms with Crippen LogP contribution in [0.5, 0.6) is 0 Å². The third-order valence-electron chi connectivity index (χ3n) is 4.70. The Balaban J connectivity index is 1.85. The summed E-state index contributed by atoms with van der Waals surface area (Å²) < 4.78 is 8.44.